The van der Waals surface area contributed by atoms with E-state index in [9.17, 15) is 4.79 Å². The molecule has 0 aromatic carbocycles. The second-order valence-corrected chi connectivity index (χ2v) is 5.70. The standard InChI is InChI=1S/C14H28N2O2/c1-4-7-14(8-6-10-15-14)12(18)16-13(3,5-2)9-11-17/h15,17H,4-11H2,1-3H3,(H,16,18). The number of aliphatic hydroxyl groups is 1. The Morgan fingerprint density at radius 1 is 1.50 bits per heavy atom. The van der Waals surface area contributed by atoms with E-state index >= 15 is 0 Å². The van der Waals surface area contributed by atoms with E-state index < -0.39 is 0 Å². The maximum absolute atomic E-state index is 12.6. The van der Waals surface area contributed by atoms with Crippen molar-refractivity contribution in [2.24, 2.45) is 0 Å². The van der Waals surface area contributed by atoms with Crippen molar-refractivity contribution >= 4 is 5.91 Å². The normalized spacial score (nSPS) is 26.9. The first-order chi connectivity index (χ1) is 8.52. The van der Waals surface area contributed by atoms with Crippen LogP contribution in [-0.4, -0.2) is 35.2 Å². The smallest absolute Gasteiger partial charge is 0.240 e. The molecule has 3 N–H and O–H groups in total. The minimum atomic E-state index is -0.374. The SMILES string of the molecule is CCCC1(C(=O)NC(C)(CC)CCO)CCCN1. The third-order valence-electron chi connectivity index (χ3n) is 4.21. The highest BCUT2D eigenvalue weighted by atomic mass is 16.3. The molecule has 2 atom stereocenters. The molecule has 4 heteroatoms. The van der Waals surface area contributed by atoms with E-state index in [1.54, 1.807) is 0 Å². The Hall–Kier alpha value is -0.610. The molecule has 0 spiro atoms. The Morgan fingerprint density at radius 3 is 2.67 bits per heavy atom. The van der Waals surface area contributed by atoms with Crippen LogP contribution in [0.3, 0.4) is 0 Å². The Labute approximate surface area is 111 Å². The van der Waals surface area contributed by atoms with Crippen molar-refractivity contribution in [3.8, 4) is 0 Å². The van der Waals surface area contributed by atoms with E-state index in [4.69, 9.17) is 5.11 Å². The van der Waals surface area contributed by atoms with Crippen LogP contribution in [-0.2, 0) is 4.79 Å². The van der Waals surface area contributed by atoms with Gasteiger partial charge in [0.1, 0.15) is 0 Å². The molecule has 2 unspecified atom stereocenters. The van der Waals surface area contributed by atoms with Crippen LogP contribution in [0.4, 0.5) is 0 Å². The lowest BCUT2D eigenvalue weighted by Crippen LogP contribution is -2.59. The molecule has 1 fully saturated rings. The van der Waals surface area contributed by atoms with Crippen LogP contribution in [0.15, 0.2) is 0 Å². The quantitative estimate of drug-likeness (QED) is 0.648. The van der Waals surface area contributed by atoms with Crippen molar-refractivity contribution in [1.29, 1.82) is 0 Å². The summed E-state index contributed by atoms with van der Waals surface area (Å²) in [5.74, 6) is 0.111. The van der Waals surface area contributed by atoms with Crippen LogP contribution < -0.4 is 10.6 Å². The average molecular weight is 256 g/mol. The number of nitrogens with one attached hydrogen (secondary N) is 2. The number of aliphatic hydroxyl groups excluding tert-OH is 1. The zero-order chi connectivity index (χ0) is 13.6. The minimum absolute atomic E-state index is 0.110. The van der Waals surface area contributed by atoms with Crippen molar-refractivity contribution in [2.75, 3.05) is 13.2 Å². The van der Waals surface area contributed by atoms with E-state index in [1.807, 2.05) is 13.8 Å². The van der Waals surface area contributed by atoms with Gasteiger partial charge >= 0.3 is 0 Å². The number of hydrogen-bond donors (Lipinski definition) is 3. The van der Waals surface area contributed by atoms with Gasteiger partial charge in [0.25, 0.3) is 0 Å². The van der Waals surface area contributed by atoms with Gasteiger partial charge in [-0.25, -0.2) is 0 Å². The fraction of sp³-hybridized carbons (Fsp3) is 0.929. The zero-order valence-electron chi connectivity index (χ0n) is 12.0. The predicted octanol–water partition coefficient (Wildman–Crippen LogP) is 1.58. The van der Waals surface area contributed by atoms with Crippen LogP contribution >= 0.6 is 0 Å². The van der Waals surface area contributed by atoms with Gasteiger partial charge in [-0.05, 0) is 45.6 Å². The molecular formula is C14H28N2O2. The van der Waals surface area contributed by atoms with Crippen molar-refractivity contribution in [1.82, 2.24) is 10.6 Å². The van der Waals surface area contributed by atoms with Gasteiger partial charge in [-0.15, -0.1) is 0 Å². The molecule has 0 aromatic rings. The molecule has 1 aliphatic heterocycles. The van der Waals surface area contributed by atoms with E-state index in [-0.39, 0.29) is 23.6 Å². The summed E-state index contributed by atoms with van der Waals surface area (Å²) >= 11 is 0. The molecule has 0 aliphatic carbocycles. The van der Waals surface area contributed by atoms with Crippen LogP contribution in [0.2, 0.25) is 0 Å². The largest absolute Gasteiger partial charge is 0.396 e. The maximum Gasteiger partial charge on any atom is 0.240 e. The maximum atomic E-state index is 12.6. The van der Waals surface area contributed by atoms with Crippen LogP contribution in [0.5, 0.6) is 0 Å². The summed E-state index contributed by atoms with van der Waals surface area (Å²) in [6.45, 7) is 7.21. The zero-order valence-corrected chi connectivity index (χ0v) is 12.0. The van der Waals surface area contributed by atoms with Gasteiger partial charge in [-0.1, -0.05) is 20.3 Å². The second kappa shape index (κ2) is 6.53. The third-order valence-corrected chi connectivity index (χ3v) is 4.21. The molecule has 1 aliphatic rings. The summed E-state index contributed by atoms with van der Waals surface area (Å²) in [6, 6.07) is 0. The molecule has 0 aromatic heterocycles. The molecule has 4 nitrogen and oxygen atoms in total. The molecule has 0 bridgehead atoms. The fourth-order valence-corrected chi connectivity index (χ4v) is 2.72. The van der Waals surface area contributed by atoms with Crippen molar-refractivity contribution < 1.29 is 9.90 Å². The van der Waals surface area contributed by atoms with Crippen LogP contribution in [0.25, 0.3) is 0 Å². The Kier molecular flexibility index (Phi) is 5.60. The minimum Gasteiger partial charge on any atom is -0.396 e. The van der Waals surface area contributed by atoms with Gasteiger partial charge in [-0.3, -0.25) is 4.79 Å². The highest BCUT2D eigenvalue weighted by Crippen LogP contribution is 2.26. The second-order valence-electron chi connectivity index (χ2n) is 5.70. The van der Waals surface area contributed by atoms with Crippen molar-refractivity contribution in [2.45, 2.75) is 70.4 Å². The summed E-state index contributed by atoms with van der Waals surface area (Å²) in [7, 11) is 0. The highest BCUT2D eigenvalue weighted by molar-refractivity contribution is 5.87. The number of hydrogen-bond acceptors (Lipinski definition) is 3. The Bertz CT molecular complexity index is 275. The van der Waals surface area contributed by atoms with Crippen molar-refractivity contribution in [3.63, 3.8) is 0 Å². The van der Waals surface area contributed by atoms with Gasteiger partial charge in [-0.2, -0.15) is 0 Å². The summed E-state index contributed by atoms with van der Waals surface area (Å²) in [5.41, 5.74) is -0.669. The lowest BCUT2D eigenvalue weighted by atomic mass is 9.87. The van der Waals surface area contributed by atoms with Gasteiger partial charge in [0.05, 0.1) is 5.54 Å². The lowest BCUT2D eigenvalue weighted by molar-refractivity contribution is -0.129. The Balaban J connectivity index is 2.72. The number of amides is 1. The van der Waals surface area contributed by atoms with Crippen LogP contribution in [0, 0.1) is 0 Å². The first kappa shape index (κ1) is 15.4. The van der Waals surface area contributed by atoms with E-state index in [0.29, 0.717) is 6.42 Å². The molecule has 18 heavy (non-hydrogen) atoms. The van der Waals surface area contributed by atoms with Crippen molar-refractivity contribution in [3.05, 3.63) is 0 Å². The molecule has 1 rings (SSSR count). The Morgan fingerprint density at radius 2 is 2.22 bits per heavy atom. The topological polar surface area (TPSA) is 61.4 Å². The van der Waals surface area contributed by atoms with Gasteiger partial charge < -0.3 is 15.7 Å². The van der Waals surface area contributed by atoms with E-state index in [0.717, 1.165) is 38.6 Å². The van der Waals surface area contributed by atoms with E-state index in [2.05, 4.69) is 17.6 Å². The predicted molar refractivity (Wildman–Crippen MR) is 73.4 cm³/mol. The number of carbonyl (C=O) groups excluding carboxylic acids is 1. The molecule has 1 saturated heterocycles. The number of rotatable bonds is 7. The van der Waals surface area contributed by atoms with Gasteiger partial charge in [0.15, 0.2) is 0 Å². The molecule has 1 amide bonds. The molecular weight excluding hydrogens is 228 g/mol. The monoisotopic (exact) mass is 256 g/mol. The number of carbonyl (C=O) groups is 1. The fourth-order valence-electron chi connectivity index (χ4n) is 2.72. The molecule has 106 valence electrons. The summed E-state index contributed by atoms with van der Waals surface area (Å²) < 4.78 is 0. The first-order valence-corrected chi connectivity index (χ1v) is 7.20. The molecule has 0 saturated carbocycles. The van der Waals surface area contributed by atoms with Gasteiger partial charge in [0.2, 0.25) is 5.91 Å². The summed E-state index contributed by atoms with van der Waals surface area (Å²) in [4.78, 5) is 12.6. The van der Waals surface area contributed by atoms with E-state index in [1.165, 1.54) is 0 Å². The van der Waals surface area contributed by atoms with Crippen LogP contribution in [0.1, 0.15) is 59.3 Å². The lowest BCUT2D eigenvalue weighted by Gasteiger charge is -2.35. The molecule has 0 radical (unpaired) electrons. The third kappa shape index (κ3) is 3.45. The molecule has 1 heterocycles. The van der Waals surface area contributed by atoms with Gasteiger partial charge in [0, 0.05) is 12.1 Å². The average Bonchev–Trinajstić information content (AvgIpc) is 2.80. The first-order valence-electron chi connectivity index (χ1n) is 7.20. The summed E-state index contributed by atoms with van der Waals surface area (Å²) in [6.07, 6.45) is 5.32. The highest BCUT2D eigenvalue weighted by Gasteiger charge is 2.42. The summed E-state index contributed by atoms with van der Waals surface area (Å²) in [5, 5.41) is 15.6.